The fourth-order valence-corrected chi connectivity index (χ4v) is 2.18. The minimum atomic E-state index is -3.65. The van der Waals surface area contributed by atoms with Gasteiger partial charge in [-0.2, -0.15) is 0 Å². The smallest absolute Gasteiger partial charge is 0.257 e. The van der Waals surface area contributed by atoms with Gasteiger partial charge in [-0.3, -0.25) is 9.78 Å². The molecule has 0 radical (unpaired) electrons. The number of allylic oxidation sites excluding steroid dienone is 1. The molecule has 1 heterocycles. The molecular weight excluding hydrogens is 268 g/mol. The molecule has 104 valence electrons. The van der Waals surface area contributed by atoms with E-state index < -0.39 is 15.9 Å². The number of methoxy groups -OCH3 is 1. The molecule has 0 spiro atoms. The Morgan fingerprint density at radius 2 is 2.05 bits per heavy atom. The minimum absolute atomic E-state index is 0.0374. The van der Waals surface area contributed by atoms with Gasteiger partial charge in [-0.15, -0.1) is 0 Å². The Hall–Kier alpha value is -1.73. The maximum Gasteiger partial charge on any atom is 0.257 e. The third kappa shape index (κ3) is 5.62. The van der Waals surface area contributed by atoms with Crippen LogP contribution in [-0.4, -0.2) is 38.8 Å². The van der Waals surface area contributed by atoms with Crippen LogP contribution < -0.4 is 4.72 Å². The lowest BCUT2D eigenvalue weighted by atomic mass is 10.1. The van der Waals surface area contributed by atoms with E-state index >= 15 is 0 Å². The summed E-state index contributed by atoms with van der Waals surface area (Å²) >= 11 is 0. The molecule has 0 aliphatic rings. The summed E-state index contributed by atoms with van der Waals surface area (Å²) < 4.78 is 29.5. The molecule has 0 atom stereocenters. The van der Waals surface area contributed by atoms with Gasteiger partial charge in [0.1, 0.15) is 0 Å². The molecule has 0 fully saturated rings. The summed E-state index contributed by atoms with van der Waals surface area (Å²) in [6.07, 6.45) is 4.43. The molecule has 0 aromatic carbocycles. The first-order chi connectivity index (χ1) is 8.94. The number of aromatic nitrogens is 1. The maximum atomic E-state index is 11.6. The lowest BCUT2D eigenvalue weighted by molar-refractivity contribution is -0.114. The number of rotatable bonds is 6. The zero-order valence-electron chi connectivity index (χ0n) is 10.8. The van der Waals surface area contributed by atoms with Crippen LogP contribution in [-0.2, 0) is 19.6 Å². The Balaban J connectivity index is 2.70. The number of pyridine rings is 1. The third-order valence-corrected chi connectivity index (χ3v) is 3.51. The molecule has 0 unspecified atom stereocenters. The number of hydrogen-bond acceptors (Lipinski definition) is 5. The summed E-state index contributed by atoms with van der Waals surface area (Å²) in [6.45, 7) is 1.76. The Kier molecular flexibility index (Phi) is 5.65. The first-order valence-electron chi connectivity index (χ1n) is 5.56. The summed E-state index contributed by atoms with van der Waals surface area (Å²) in [6, 6.07) is 3.47. The topological polar surface area (TPSA) is 85.4 Å². The Morgan fingerprint density at radius 1 is 1.42 bits per heavy atom. The molecule has 0 aliphatic heterocycles. The molecule has 1 aromatic rings. The van der Waals surface area contributed by atoms with Crippen LogP contribution in [0.4, 0.5) is 0 Å². The Bertz CT molecular complexity index is 552. The van der Waals surface area contributed by atoms with Crippen LogP contribution in [0.3, 0.4) is 0 Å². The van der Waals surface area contributed by atoms with Gasteiger partial charge in [0.25, 0.3) is 5.91 Å². The number of ether oxygens (including phenoxy) is 1. The predicted octanol–water partition coefficient (Wildman–Crippen LogP) is 0.577. The zero-order chi connectivity index (χ0) is 14.3. The molecule has 1 N–H and O–H groups in total. The summed E-state index contributed by atoms with van der Waals surface area (Å²) in [4.78, 5) is 15.4. The van der Waals surface area contributed by atoms with E-state index in [0.717, 1.165) is 5.56 Å². The van der Waals surface area contributed by atoms with E-state index in [-0.39, 0.29) is 12.4 Å². The van der Waals surface area contributed by atoms with E-state index in [9.17, 15) is 13.2 Å². The van der Waals surface area contributed by atoms with Gasteiger partial charge >= 0.3 is 0 Å². The molecule has 0 bridgehead atoms. The second kappa shape index (κ2) is 7.01. The van der Waals surface area contributed by atoms with Crippen LogP contribution in [0.2, 0.25) is 0 Å². The van der Waals surface area contributed by atoms with Crippen molar-refractivity contribution in [1.82, 2.24) is 9.71 Å². The number of nitrogens with one attached hydrogen (secondary N) is 1. The minimum Gasteiger partial charge on any atom is -0.384 e. The van der Waals surface area contributed by atoms with Crippen LogP contribution in [0.25, 0.3) is 5.57 Å². The van der Waals surface area contributed by atoms with Gasteiger partial charge in [-0.25, -0.2) is 13.1 Å². The Morgan fingerprint density at radius 3 is 2.63 bits per heavy atom. The molecule has 0 saturated carbocycles. The first-order valence-corrected chi connectivity index (χ1v) is 7.22. The van der Waals surface area contributed by atoms with E-state index in [1.165, 1.54) is 13.2 Å². The highest BCUT2D eigenvalue weighted by Gasteiger charge is 2.12. The maximum absolute atomic E-state index is 11.6. The number of nitrogens with zero attached hydrogens (tertiary/aromatic N) is 1. The average Bonchev–Trinajstić information content (AvgIpc) is 2.36. The summed E-state index contributed by atoms with van der Waals surface area (Å²) in [7, 11) is -2.26. The van der Waals surface area contributed by atoms with Crippen LogP contribution in [0.5, 0.6) is 0 Å². The normalized spacial score (nSPS) is 12.2. The van der Waals surface area contributed by atoms with Gasteiger partial charge in [0.15, 0.2) is 0 Å². The van der Waals surface area contributed by atoms with Gasteiger partial charge in [-0.1, -0.05) is 0 Å². The lowest BCUT2D eigenvalue weighted by Gasteiger charge is -2.05. The Labute approximate surface area is 112 Å². The van der Waals surface area contributed by atoms with Crippen molar-refractivity contribution >= 4 is 21.5 Å². The largest absolute Gasteiger partial charge is 0.384 e. The van der Waals surface area contributed by atoms with Crippen molar-refractivity contribution < 1.29 is 17.9 Å². The van der Waals surface area contributed by atoms with Crippen molar-refractivity contribution in [2.45, 2.75) is 6.92 Å². The van der Waals surface area contributed by atoms with Crippen molar-refractivity contribution in [3.63, 3.8) is 0 Å². The van der Waals surface area contributed by atoms with E-state index in [4.69, 9.17) is 0 Å². The van der Waals surface area contributed by atoms with Crippen molar-refractivity contribution in [3.8, 4) is 0 Å². The molecule has 7 heteroatoms. The highest BCUT2D eigenvalue weighted by Crippen LogP contribution is 2.11. The van der Waals surface area contributed by atoms with Gasteiger partial charge in [0.05, 0.1) is 12.4 Å². The second-order valence-corrected chi connectivity index (χ2v) is 5.68. The van der Waals surface area contributed by atoms with E-state index in [1.54, 1.807) is 31.5 Å². The fourth-order valence-electron chi connectivity index (χ4n) is 1.32. The quantitative estimate of drug-likeness (QED) is 0.772. The van der Waals surface area contributed by atoms with Gasteiger partial charge in [-0.05, 0) is 30.2 Å². The van der Waals surface area contributed by atoms with Crippen molar-refractivity contribution in [1.29, 1.82) is 0 Å². The van der Waals surface area contributed by atoms with E-state index in [1.807, 2.05) is 4.72 Å². The molecule has 1 amide bonds. The monoisotopic (exact) mass is 284 g/mol. The van der Waals surface area contributed by atoms with Crippen LogP contribution in [0.1, 0.15) is 12.5 Å². The molecule has 6 nitrogen and oxygen atoms in total. The molecule has 0 aliphatic carbocycles. The fraction of sp³-hybridized carbons (Fsp3) is 0.333. The third-order valence-electron chi connectivity index (χ3n) is 2.30. The lowest BCUT2D eigenvalue weighted by Crippen LogP contribution is -2.32. The SMILES string of the molecule is COCCS(=O)(=O)NC(=O)/C=C(/C)c1ccncc1. The summed E-state index contributed by atoms with van der Waals surface area (Å²) in [5.74, 6) is -0.928. The number of carbonyl (C=O) groups is 1. The van der Waals surface area contributed by atoms with Gasteiger partial charge < -0.3 is 4.74 Å². The summed E-state index contributed by atoms with van der Waals surface area (Å²) in [5.41, 5.74) is 1.46. The predicted molar refractivity (Wildman–Crippen MR) is 71.7 cm³/mol. The number of carbonyl (C=O) groups excluding carboxylic acids is 1. The van der Waals surface area contributed by atoms with E-state index in [2.05, 4.69) is 9.72 Å². The van der Waals surface area contributed by atoms with Gasteiger partial charge in [0, 0.05) is 25.6 Å². The van der Waals surface area contributed by atoms with Crippen molar-refractivity contribution in [2.24, 2.45) is 0 Å². The highest BCUT2D eigenvalue weighted by atomic mass is 32.2. The molecule has 0 saturated heterocycles. The van der Waals surface area contributed by atoms with E-state index in [0.29, 0.717) is 5.57 Å². The molecule has 1 rings (SSSR count). The average molecular weight is 284 g/mol. The van der Waals surface area contributed by atoms with Crippen molar-refractivity contribution in [2.75, 3.05) is 19.5 Å². The number of sulfonamides is 1. The molecule has 19 heavy (non-hydrogen) atoms. The van der Waals surface area contributed by atoms with Crippen molar-refractivity contribution in [3.05, 3.63) is 36.2 Å². The summed E-state index contributed by atoms with van der Waals surface area (Å²) in [5, 5.41) is 0. The van der Waals surface area contributed by atoms with Crippen LogP contribution >= 0.6 is 0 Å². The highest BCUT2D eigenvalue weighted by molar-refractivity contribution is 7.90. The second-order valence-electron chi connectivity index (χ2n) is 3.84. The zero-order valence-corrected chi connectivity index (χ0v) is 11.6. The number of hydrogen-bond donors (Lipinski definition) is 1. The molecular formula is C12H16N2O4S. The van der Waals surface area contributed by atoms with Crippen LogP contribution in [0.15, 0.2) is 30.6 Å². The molecule has 1 aromatic heterocycles. The van der Waals surface area contributed by atoms with Crippen LogP contribution in [0, 0.1) is 0 Å². The van der Waals surface area contributed by atoms with Gasteiger partial charge in [0.2, 0.25) is 10.0 Å². The standard InChI is InChI=1S/C12H16N2O4S/c1-10(11-3-5-13-6-4-11)9-12(15)14-19(16,17)8-7-18-2/h3-6,9H,7-8H2,1-2H3,(H,14,15)/b10-9-. The first kappa shape index (κ1) is 15.3. The number of amides is 1.